The molecule has 1 aromatic carbocycles. The van der Waals surface area contributed by atoms with Crippen molar-refractivity contribution in [2.24, 2.45) is 5.92 Å². The van der Waals surface area contributed by atoms with E-state index >= 15 is 0 Å². The Morgan fingerprint density at radius 2 is 2.09 bits per heavy atom. The topological polar surface area (TPSA) is 68.3 Å². The molecule has 2 aromatic rings. The van der Waals surface area contributed by atoms with Crippen LogP contribution < -0.4 is 9.47 Å². The first kappa shape index (κ1) is 25.5. The highest BCUT2D eigenvalue weighted by molar-refractivity contribution is 7.10. The molecule has 3 heterocycles. The molecule has 0 spiro atoms. The highest BCUT2D eigenvalue weighted by Crippen LogP contribution is 2.34. The Labute approximate surface area is 212 Å². The zero-order valence-corrected chi connectivity index (χ0v) is 21.7. The van der Waals surface area contributed by atoms with Gasteiger partial charge in [-0.2, -0.15) is 0 Å². The third-order valence-corrected chi connectivity index (χ3v) is 7.57. The van der Waals surface area contributed by atoms with Crippen LogP contribution in [0.3, 0.4) is 0 Å². The van der Waals surface area contributed by atoms with Crippen LogP contribution in [0.1, 0.15) is 49.6 Å². The number of ether oxygens (including phenoxy) is 3. The average molecular weight is 501 g/mol. The second-order valence-electron chi connectivity index (χ2n) is 9.65. The fraction of sp³-hybridized carbons (Fsp3) is 0.556. The molecule has 2 amide bonds. The number of rotatable bonds is 10. The maximum absolute atomic E-state index is 13.6. The molecule has 0 bridgehead atoms. The monoisotopic (exact) mass is 500 g/mol. The normalized spacial score (nSPS) is 19.5. The second kappa shape index (κ2) is 11.9. The molecular formula is C27H36N2O5S. The fourth-order valence-corrected chi connectivity index (χ4v) is 5.69. The summed E-state index contributed by atoms with van der Waals surface area (Å²) in [6, 6.07) is 9.38. The minimum atomic E-state index is -0.200. The summed E-state index contributed by atoms with van der Waals surface area (Å²) in [5.41, 5.74) is 1.14. The zero-order chi connectivity index (χ0) is 24.8. The van der Waals surface area contributed by atoms with Crippen molar-refractivity contribution in [2.45, 2.75) is 51.7 Å². The van der Waals surface area contributed by atoms with E-state index in [1.165, 1.54) is 4.88 Å². The van der Waals surface area contributed by atoms with Gasteiger partial charge in [-0.05, 0) is 54.3 Å². The van der Waals surface area contributed by atoms with Crippen molar-refractivity contribution < 1.29 is 23.8 Å². The minimum Gasteiger partial charge on any atom is -0.497 e. The van der Waals surface area contributed by atoms with Crippen LogP contribution in [-0.2, 0) is 20.7 Å². The van der Waals surface area contributed by atoms with E-state index in [0.29, 0.717) is 31.9 Å². The first-order valence-corrected chi connectivity index (χ1v) is 13.3. The summed E-state index contributed by atoms with van der Waals surface area (Å²) >= 11 is 1.72. The number of hydrogen-bond acceptors (Lipinski definition) is 6. The number of nitrogens with zero attached hydrogens (tertiary/aromatic N) is 2. The predicted molar refractivity (Wildman–Crippen MR) is 136 cm³/mol. The lowest BCUT2D eigenvalue weighted by molar-refractivity contribution is -0.144. The van der Waals surface area contributed by atoms with Gasteiger partial charge in [0, 0.05) is 37.1 Å². The van der Waals surface area contributed by atoms with Crippen LogP contribution in [0, 0.1) is 5.92 Å². The Hall–Kier alpha value is -2.58. The Kier molecular flexibility index (Phi) is 8.68. The molecular weight excluding hydrogens is 464 g/mol. The maximum atomic E-state index is 13.6. The highest BCUT2D eigenvalue weighted by atomic mass is 32.1. The standard InChI is InChI=1S/C27H36N2O5S/c1-19(2)14-26(30)28(16-22-8-5-12-33-22)17-27(31)29-11-9-25-23(10-13-35-25)24(29)18-34-21-7-4-6-20(15-21)32-3/h4,6-7,10,13,15,19,22,24H,5,8-9,11-12,14,16-18H2,1-3H3. The summed E-state index contributed by atoms with van der Waals surface area (Å²) in [5, 5.41) is 2.08. The van der Waals surface area contributed by atoms with E-state index in [2.05, 4.69) is 11.4 Å². The molecule has 2 unspecified atom stereocenters. The molecule has 1 aromatic heterocycles. The van der Waals surface area contributed by atoms with Crippen LogP contribution >= 0.6 is 11.3 Å². The number of thiophene rings is 1. The number of methoxy groups -OCH3 is 1. The quantitative estimate of drug-likeness (QED) is 0.486. The van der Waals surface area contributed by atoms with Gasteiger partial charge in [0.05, 0.1) is 25.8 Å². The van der Waals surface area contributed by atoms with Crippen LogP contribution in [-0.4, -0.2) is 67.7 Å². The third-order valence-electron chi connectivity index (χ3n) is 6.57. The van der Waals surface area contributed by atoms with E-state index < -0.39 is 0 Å². The first-order valence-electron chi connectivity index (χ1n) is 12.5. The summed E-state index contributed by atoms with van der Waals surface area (Å²) in [6.45, 7) is 6.28. The van der Waals surface area contributed by atoms with E-state index in [1.54, 1.807) is 23.3 Å². The molecule has 0 radical (unpaired) electrons. The summed E-state index contributed by atoms with van der Waals surface area (Å²) in [6.07, 6.45) is 3.19. The van der Waals surface area contributed by atoms with Gasteiger partial charge in [-0.1, -0.05) is 19.9 Å². The molecule has 2 aliphatic heterocycles. The maximum Gasteiger partial charge on any atom is 0.242 e. The van der Waals surface area contributed by atoms with Crippen molar-refractivity contribution >= 4 is 23.2 Å². The van der Waals surface area contributed by atoms with Crippen LogP contribution in [0.25, 0.3) is 0 Å². The molecule has 35 heavy (non-hydrogen) atoms. The average Bonchev–Trinajstić information content (AvgIpc) is 3.53. The first-order chi connectivity index (χ1) is 16.9. The second-order valence-corrected chi connectivity index (χ2v) is 10.6. The van der Waals surface area contributed by atoms with Crippen molar-refractivity contribution in [3.05, 3.63) is 46.2 Å². The van der Waals surface area contributed by atoms with E-state index in [-0.39, 0.29) is 36.4 Å². The molecule has 2 atom stereocenters. The highest BCUT2D eigenvalue weighted by Gasteiger charge is 2.34. The van der Waals surface area contributed by atoms with Gasteiger partial charge in [0.2, 0.25) is 11.8 Å². The Morgan fingerprint density at radius 3 is 2.83 bits per heavy atom. The number of amides is 2. The summed E-state index contributed by atoms with van der Waals surface area (Å²) in [4.78, 5) is 31.6. The summed E-state index contributed by atoms with van der Waals surface area (Å²) in [5.74, 6) is 1.63. The molecule has 0 N–H and O–H groups in total. The predicted octanol–water partition coefficient (Wildman–Crippen LogP) is 4.32. The van der Waals surface area contributed by atoms with E-state index in [0.717, 1.165) is 37.2 Å². The number of carbonyl (C=O) groups is 2. The smallest absolute Gasteiger partial charge is 0.242 e. The molecule has 7 nitrogen and oxygen atoms in total. The van der Waals surface area contributed by atoms with E-state index in [1.807, 2.05) is 43.0 Å². The lowest BCUT2D eigenvalue weighted by Gasteiger charge is -2.37. The molecule has 1 fully saturated rings. The summed E-state index contributed by atoms with van der Waals surface area (Å²) in [7, 11) is 1.63. The van der Waals surface area contributed by atoms with Crippen molar-refractivity contribution in [2.75, 3.05) is 40.0 Å². The van der Waals surface area contributed by atoms with Crippen molar-refractivity contribution in [1.29, 1.82) is 0 Å². The van der Waals surface area contributed by atoms with Crippen LogP contribution in [0.15, 0.2) is 35.7 Å². The summed E-state index contributed by atoms with van der Waals surface area (Å²) < 4.78 is 17.2. The minimum absolute atomic E-state index is 0.0101. The van der Waals surface area contributed by atoms with Gasteiger partial charge in [0.15, 0.2) is 0 Å². The van der Waals surface area contributed by atoms with Gasteiger partial charge in [-0.25, -0.2) is 0 Å². The van der Waals surface area contributed by atoms with Gasteiger partial charge in [0.1, 0.15) is 18.1 Å². The molecule has 8 heteroatoms. The fourth-order valence-electron chi connectivity index (χ4n) is 4.76. The molecule has 1 saturated heterocycles. The molecule has 4 rings (SSSR count). The van der Waals surface area contributed by atoms with Gasteiger partial charge in [-0.15, -0.1) is 11.3 Å². The lowest BCUT2D eigenvalue weighted by Crippen LogP contribution is -2.49. The third kappa shape index (κ3) is 6.55. The van der Waals surface area contributed by atoms with Crippen LogP contribution in [0.5, 0.6) is 11.5 Å². The lowest BCUT2D eigenvalue weighted by atomic mass is 10.00. The van der Waals surface area contributed by atoms with E-state index in [9.17, 15) is 9.59 Å². The van der Waals surface area contributed by atoms with Crippen molar-refractivity contribution in [3.8, 4) is 11.5 Å². The number of benzene rings is 1. The zero-order valence-electron chi connectivity index (χ0n) is 20.9. The Balaban J connectivity index is 1.49. The van der Waals surface area contributed by atoms with Crippen molar-refractivity contribution in [3.63, 3.8) is 0 Å². The Morgan fingerprint density at radius 1 is 1.26 bits per heavy atom. The van der Waals surface area contributed by atoms with Crippen LogP contribution in [0.2, 0.25) is 0 Å². The number of carbonyl (C=O) groups excluding carboxylic acids is 2. The van der Waals surface area contributed by atoms with Gasteiger partial charge in [0.25, 0.3) is 0 Å². The number of hydrogen-bond donors (Lipinski definition) is 0. The molecule has 0 saturated carbocycles. The van der Waals surface area contributed by atoms with Gasteiger partial charge in [-0.3, -0.25) is 9.59 Å². The van der Waals surface area contributed by atoms with Crippen molar-refractivity contribution in [1.82, 2.24) is 9.80 Å². The number of fused-ring (bicyclic) bond motifs is 1. The van der Waals surface area contributed by atoms with Gasteiger partial charge >= 0.3 is 0 Å². The van der Waals surface area contributed by atoms with Gasteiger partial charge < -0.3 is 24.0 Å². The SMILES string of the molecule is COc1cccc(OCC2c3ccsc3CCN2C(=O)CN(CC2CCCO2)C(=O)CC(C)C)c1. The Bertz CT molecular complexity index is 1000. The van der Waals surface area contributed by atoms with E-state index in [4.69, 9.17) is 14.2 Å². The molecule has 190 valence electrons. The van der Waals surface area contributed by atoms with Crippen LogP contribution in [0.4, 0.5) is 0 Å². The molecule has 0 aliphatic carbocycles. The largest absolute Gasteiger partial charge is 0.497 e. The molecule has 2 aliphatic rings.